The molecule has 0 bridgehead atoms. The minimum atomic E-state index is -1.53. The number of carbonyl (C=O) groups is 1. The number of aromatic carboxylic acids is 1. The second kappa shape index (κ2) is 3.62. The molecule has 88 valence electrons. The molecule has 0 amide bonds. The summed E-state index contributed by atoms with van der Waals surface area (Å²) in [5.41, 5.74) is -2.48. The molecule has 2 aromatic rings. The Morgan fingerprint density at radius 2 is 1.82 bits per heavy atom. The maximum absolute atomic E-state index is 13.3. The lowest BCUT2D eigenvalue weighted by atomic mass is 10.1. The maximum atomic E-state index is 13.3. The lowest BCUT2D eigenvalue weighted by molar-refractivity contribution is 0.0690. The molecule has 0 unspecified atom stereocenters. The number of halogens is 3. The predicted molar refractivity (Wildman–Crippen MR) is 51.4 cm³/mol. The summed E-state index contributed by atoms with van der Waals surface area (Å²) >= 11 is 0. The van der Waals surface area contributed by atoms with E-state index in [9.17, 15) is 22.8 Å². The molecule has 2 rings (SSSR count). The zero-order chi connectivity index (χ0) is 12.7. The normalized spacial score (nSPS) is 10.8. The number of fused-ring (bicyclic) bond motifs is 1. The number of rotatable bonds is 1. The molecule has 0 atom stereocenters. The Morgan fingerprint density at radius 3 is 2.41 bits per heavy atom. The quantitative estimate of drug-likeness (QED) is 0.748. The van der Waals surface area contributed by atoms with E-state index in [1.54, 1.807) is 0 Å². The molecular weight excluding hydrogens is 239 g/mol. The summed E-state index contributed by atoms with van der Waals surface area (Å²) in [4.78, 5) is 23.9. The van der Waals surface area contributed by atoms with E-state index < -0.39 is 45.4 Å². The molecule has 4 nitrogen and oxygen atoms in total. The van der Waals surface area contributed by atoms with Gasteiger partial charge in [0.15, 0.2) is 17.1 Å². The highest BCUT2D eigenvalue weighted by Gasteiger charge is 2.17. The van der Waals surface area contributed by atoms with Crippen LogP contribution in [0.15, 0.2) is 16.9 Å². The summed E-state index contributed by atoms with van der Waals surface area (Å²) in [5.74, 6) is -5.79. The average molecular weight is 243 g/mol. The van der Waals surface area contributed by atoms with Crippen LogP contribution < -0.4 is 5.43 Å². The zero-order valence-electron chi connectivity index (χ0n) is 8.05. The summed E-state index contributed by atoms with van der Waals surface area (Å²) < 4.78 is 39.4. The van der Waals surface area contributed by atoms with E-state index in [1.165, 1.54) is 0 Å². The minimum Gasteiger partial charge on any atom is -0.477 e. The Hall–Kier alpha value is -2.31. The molecule has 0 aliphatic heterocycles. The maximum Gasteiger partial charge on any atom is 0.352 e. The van der Waals surface area contributed by atoms with Gasteiger partial charge in [0.05, 0.1) is 10.9 Å². The first kappa shape index (κ1) is 11.2. The van der Waals surface area contributed by atoms with E-state index in [1.807, 2.05) is 4.98 Å². The summed E-state index contributed by atoms with van der Waals surface area (Å²) in [5, 5.41) is 7.90. The lowest BCUT2D eigenvalue weighted by Gasteiger charge is -2.03. The van der Waals surface area contributed by atoms with Gasteiger partial charge >= 0.3 is 5.97 Å². The van der Waals surface area contributed by atoms with Crippen molar-refractivity contribution in [1.82, 2.24) is 4.98 Å². The molecule has 17 heavy (non-hydrogen) atoms. The summed E-state index contributed by atoms with van der Waals surface area (Å²) in [6.07, 6.45) is 0. The van der Waals surface area contributed by atoms with Crippen LogP contribution in [0.2, 0.25) is 0 Å². The molecule has 0 spiro atoms. The average Bonchev–Trinajstić information content (AvgIpc) is 2.24. The summed E-state index contributed by atoms with van der Waals surface area (Å²) in [6, 6.07) is 0.832. The first-order valence-electron chi connectivity index (χ1n) is 4.35. The fourth-order valence-corrected chi connectivity index (χ4v) is 1.44. The zero-order valence-corrected chi connectivity index (χ0v) is 8.05. The molecule has 2 N–H and O–H groups in total. The topological polar surface area (TPSA) is 70.2 Å². The number of hydrogen-bond donors (Lipinski definition) is 2. The van der Waals surface area contributed by atoms with Gasteiger partial charge in [-0.05, 0) is 0 Å². The van der Waals surface area contributed by atoms with Crippen LogP contribution in [0.3, 0.4) is 0 Å². The number of hydrogen-bond acceptors (Lipinski definition) is 2. The fourth-order valence-electron chi connectivity index (χ4n) is 1.44. The highest BCUT2D eigenvalue weighted by atomic mass is 19.2. The highest BCUT2D eigenvalue weighted by Crippen LogP contribution is 2.19. The SMILES string of the molecule is O=C(O)c1cc(=O)c2c(F)cc(F)c(F)c2[nH]1. The van der Waals surface area contributed by atoms with Gasteiger partial charge in [-0.2, -0.15) is 0 Å². The van der Waals surface area contributed by atoms with Crippen LogP contribution >= 0.6 is 0 Å². The number of nitrogens with one attached hydrogen (secondary N) is 1. The van der Waals surface area contributed by atoms with Crippen molar-refractivity contribution in [3.63, 3.8) is 0 Å². The predicted octanol–water partition coefficient (Wildman–Crippen LogP) is 1.64. The standard InChI is InChI=1S/C10H4F3NO3/c11-3-1-4(12)8(13)9-7(3)6(15)2-5(14-9)10(16)17/h1-2H,(H,14,15)(H,16,17). The molecule has 0 saturated carbocycles. The second-order valence-electron chi connectivity index (χ2n) is 3.26. The molecule has 7 heteroatoms. The van der Waals surface area contributed by atoms with Crippen LogP contribution in [0.1, 0.15) is 10.5 Å². The molecule has 0 fully saturated rings. The molecule has 0 saturated heterocycles. The lowest BCUT2D eigenvalue weighted by Crippen LogP contribution is -2.12. The van der Waals surface area contributed by atoms with Crippen LogP contribution in [0.25, 0.3) is 10.9 Å². The molecular formula is C10H4F3NO3. The van der Waals surface area contributed by atoms with Crippen molar-refractivity contribution in [3.05, 3.63) is 45.5 Å². The molecule has 0 aliphatic rings. The van der Waals surface area contributed by atoms with Crippen molar-refractivity contribution < 1.29 is 23.1 Å². The van der Waals surface area contributed by atoms with E-state index in [2.05, 4.69) is 0 Å². The third-order valence-corrected chi connectivity index (χ3v) is 2.18. The highest BCUT2D eigenvalue weighted by molar-refractivity contribution is 5.90. The van der Waals surface area contributed by atoms with Gasteiger partial charge in [0.25, 0.3) is 0 Å². The monoisotopic (exact) mass is 243 g/mol. The molecule has 0 radical (unpaired) electrons. The van der Waals surface area contributed by atoms with E-state index in [0.717, 1.165) is 0 Å². The van der Waals surface area contributed by atoms with Gasteiger partial charge in [0.1, 0.15) is 11.5 Å². The fraction of sp³-hybridized carbons (Fsp3) is 0. The van der Waals surface area contributed by atoms with Gasteiger partial charge in [-0.15, -0.1) is 0 Å². The first-order valence-corrected chi connectivity index (χ1v) is 4.35. The molecule has 0 aliphatic carbocycles. The van der Waals surface area contributed by atoms with Gasteiger partial charge in [0, 0.05) is 12.1 Å². The van der Waals surface area contributed by atoms with Crippen molar-refractivity contribution in [2.24, 2.45) is 0 Å². The van der Waals surface area contributed by atoms with Gasteiger partial charge in [-0.25, -0.2) is 18.0 Å². The van der Waals surface area contributed by atoms with Crippen molar-refractivity contribution in [2.45, 2.75) is 0 Å². The number of H-pyrrole nitrogens is 1. The van der Waals surface area contributed by atoms with E-state index >= 15 is 0 Å². The van der Waals surface area contributed by atoms with Crippen LogP contribution in [-0.2, 0) is 0 Å². The number of carboxylic acid groups (broad SMARTS) is 1. The van der Waals surface area contributed by atoms with Crippen molar-refractivity contribution in [2.75, 3.05) is 0 Å². The number of aromatic amines is 1. The Labute approximate surface area is 91.3 Å². The van der Waals surface area contributed by atoms with E-state index in [4.69, 9.17) is 5.11 Å². The van der Waals surface area contributed by atoms with Crippen LogP contribution in [0, 0.1) is 17.5 Å². The van der Waals surface area contributed by atoms with Gasteiger partial charge in [-0.1, -0.05) is 0 Å². The third-order valence-electron chi connectivity index (χ3n) is 2.18. The van der Waals surface area contributed by atoms with Crippen LogP contribution in [0.4, 0.5) is 13.2 Å². The number of aromatic nitrogens is 1. The third kappa shape index (κ3) is 1.65. The molecule has 1 aromatic heterocycles. The van der Waals surface area contributed by atoms with Crippen molar-refractivity contribution in [1.29, 1.82) is 0 Å². The van der Waals surface area contributed by atoms with Crippen molar-refractivity contribution in [3.8, 4) is 0 Å². The number of benzene rings is 1. The Kier molecular flexibility index (Phi) is 2.38. The van der Waals surface area contributed by atoms with Gasteiger partial charge < -0.3 is 10.1 Å². The molecule has 1 heterocycles. The minimum absolute atomic E-state index is 0.230. The Morgan fingerprint density at radius 1 is 1.18 bits per heavy atom. The molecule has 1 aromatic carbocycles. The second-order valence-corrected chi connectivity index (χ2v) is 3.26. The summed E-state index contributed by atoms with van der Waals surface area (Å²) in [6.45, 7) is 0. The van der Waals surface area contributed by atoms with Crippen LogP contribution in [-0.4, -0.2) is 16.1 Å². The smallest absolute Gasteiger partial charge is 0.352 e. The number of pyridine rings is 1. The summed E-state index contributed by atoms with van der Waals surface area (Å²) in [7, 11) is 0. The van der Waals surface area contributed by atoms with E-state index in [0.29, 0.717) is 6.07 Å². The van der Waals surface area contributed by atoms with Gasteiger partial charge in [-0.3, -0.25) is 4.79 Å². The largest absolute Gasteiger partial charge is 0.477 e. The Balaban J connectivity index is 3.02. The van der Waals surface area contributed by atoms with Crippen LogP contribution in [0.5, 0.6) is 0 Å². The number of carboxylic acids is 1. The van der Waals surface area contributed by atoms with Crippen molar-refractivity contribution >= 4 is 16.9 Å². The van der Waals surface area contributed by atoms with E-state index in [-0.39, 0.29) is 6.07 Å². The van der Waals surface area contributed by atoms with Gasteiger partial charge in [0.2, 0.25) is 0 Å². The Bertz CT molecular complexity index is 693. The first-order chi connectivity index (χ1) is 7.91.